The first-order valence-corrected chi connectivity index (χ1v) is 7.49. The molecule has 0 aliphatic heterocycles. The molecular formula is C14H18N4O2S. The van der Waals surface area contributed by atoms with Crippen LogP contribution in [-0.4, -0.2) is 27.2 Å². The highest BCUT2D eigenvalue weighted by atomic mass is 32.1. The SMILES string of the molecule is CC(C)(C)NCCc1nnc(-c2cccc([N+](=O)[O-])c2)s1. The van der Waals surface area contributed by atoms with Gasteiger partial charge in [0, 0.05) is 36.2 Å². The minimum Gasteiger partial charge on any atom is -0.312 e. The maximum absolute atomic E-state index is 10.8. The number of non-ortho nitro benzene ring substituents is 1. The van der Waals surface area contributed by atoms with Crippen LogP contribution in [0.4, 0.5) is 5.69 Å². The third kappa shape index (κ3) is 4.57. The Morgan fingerprint density at radius 3 is 2.76 bits per heavy atom. The molecule has 6 nitrogen and oxygen atoms in total. The number of nitro benzene ring substituents is 1. The van der Waals surface area contributed by atoms with Gasteiger partial charge in [0.1, 0.15) is 10.0 Å². The highest BCUT2D eigenvalue weighted by molar-refractivity contribution is 7.14. The van der Waals surface area contributed by atoms with Crippen LogP contribution >= 0.6 is 11.3 Å². The average Bonchev–Trinajstić information content (AvgIpc) is 2.86. The summed E-state index contributed by atoms with van der Waals surface area (Å²) in [4.78, 5) is 10.4. The summed E-state index contributed by atoms with van der Waals surface area (Å²) < 4.78 is 0. The van der Waals surface area contributed by atoms with Crippen LogP contribution in [0.2, 0.25) is 0 Å². The van der Waals surface area contributed by atoms with E-state index in [2.05, 4.69) is 36.3 Å². The van der Waals surface area contributed by atoms with Gasteiger partial charge in [0.15, 0.2) is 0 Å². The number of aromatic nitrogens is 2. The highest BCUT2D eigenvalue weighted by Gasteiger charge is 2.12. The first kappa shape index (κ1) is 15.5. The van der Waals surface area contributed by atoms with Gasteiger partial charge in [0.2, 0.25) is 0 Å². The minimum absolute atomic E-state index is 0.0682. The van der Waals surface area contributed by atoms with Crippen LogP contribution in [0.25, 0.3) is 10.6 Å². The number of nitrogens with one attached hydrogen (secondary N) is 1. The summed E-state index contributed by atoms with van der Waals surface area (Å²) in [6.07, 6.45) is 0.795. The zero-order valence-electron chi connectivity index (χ0n) is 12.3. The molecule has 1 aromatic heterocycles. The number of nitrogens with zero attached hydrogens (tertiary/aromatic N) is 3. The molecule has 1 heterocycles. The lowest BCUT2D eigenvalue weighted by Gasteiger charge is -2.19. The maximum atomic E-state index is 10.8. The molecule has 0 aliphatic carbocycles. The van der Waals surface area contributed by atoms with Gasteiger partial charge in [-0.15, -0.1) is 10.2 Å². The molecule has 0 bridgehead atoms. The van der Waals surface area contributed by atoms with Gasteiger partial charge in [-0.25, -0.2) is 0 Å². The molecule has 112 valence electrons. The van der Waals surface area contributed by atoms with E-state index in [0.29, 0.717) is 5.01 Å². The lowest BCUT2D eigenvalue weighted by atomic mass is 10.1. The van der Waals surface area contributed by atoms with E-state index in [4.69, 9.17) is 0 Å². The predicted octanol–water partition coefficient (Wildman–Crippen LogP) is 3.04. The summed E-state index contributed by atoms with van der Waals surface area (Å²) in [5.74, 6) is 0. The van der Waals surface area contributed by atoms with E-state index in [9.17, 15) is 10.1 Å². The maximum Gasteiger partial charge on any atom is 0.270 e. The van der Waals surface area contributed by atoms with Crippen molar-refractivity contribution >= 4 is 17.0 Å². The highest BCUT2D eigenvalue weighted by Crippen LogP contribution is 2.26. The van der Waals surface area contributed by atoms with E-state index in [1.807, 2.05) is 6.07 Å². The van der Waals surface area contributed by atoms with Crippen LogP contribution in [0.1, 0.15) is 25.8 Å². The molecule has 21 heavy (non-hydrogen) atoms. The van der Waals surface area contributed by atoms with E-state index in [-0.39, 0.29) is 11.2 Å². The smallest absolute Gasteiger partial charge is 0.270 e. The van der Waals surface area contributed by atoms with Crippen molar-refractivity contribution in [2.45, 2.75) is 32.7 Å². The quantitative estimate of drug-likeness (QED) is 0.678. The topological polar surface area (TPSA) is 81.0 Å². The van der Waals surface area contributed by atoms with Gasteiger partial charge in [-0.05, 0) is 20.8 Å². The van der Waals surface area contributed by atoms with Crippen molar-refractivity contribution in [3.05, 3.63) is 39.4 Å². The van der Waals surface area contributed by atoms with Crippen LogP contribution in [0.5, 0.6) is 0 Å². The second-order valence-electron chi connectivity index (χ2n) is 5.74. The Hall–Kier alpha value is -1.86. The van der Waals surface area contributed by atoms with E-state index in [0.717, 1.165) is 23.5 Å². The Labute approximate surface area is 127 Å². The third-order valence-electron chi connectivity index (χ3n) is 2.76. The molecule has 0 radical (unpaired) electrons. The molecular weight excluding hydrogens is 288 g/mol. The zero-order valence-corrected chi connectivity index (χ0v) is 13.1. The van der Waals surface area contributed by atoms with Gasteiger partial charge in [-0.2, -0.15) is 0 Å². The van der Waals surface area contributed by atoms with Crippen molar-refractivity contribution in [1.82, 2.24) is 15.5 Å². The molecule has 1 N–H and O–H groups in total. The molecule has 7 heteroatoms. The molecule has 0 unspecified atom stereocenters. The Bertz CT molecular complexity index is 634. The van der Waals surface area contributed by atoms with Crippen LogP contribution in [-0.2, 0) is 6.42 Å². The van der Waals surface area contributed by atoms with Crippen molar-refractivity contribution in [3.8, 4) is 10.6 Å². The molecule has 0 saturated carbocycles. The molecule has 0 fully saturated rings. The lowest BCUT2D eigenvalue weighted by molar-refractivity contribution is -0.384. The van der Waals surface area contributed by atoms with Crippen LogP contribution < -0.4 is 5.32 Å². The fourth-order valence-corrected chi connectivity index (χ4v) is 2.60. The summed E-state index contributed by atoms with van der Waals surface area (Å²) in [6.45, 7) is 7.16. The van der Waals surface area contributed by atoms with Gasteiger partial charge < -0.3 is 5.32 Å². The number of benzene rings is 1. The molecule has 0 spiro atoms. The monoisotopic (exact) mass is 306 g/mol. The summed E-state index contributed by atoms with van der Waals surface area (Å²) in [6, 6.07) is 6.47. The van der Waals surface area contributed by atoms with E-state index < -0.39 is 4.92 Å². The number of hydrogen-bond acceptors (Lipinski definition) is 6. The van der Waals surface area contributed by atoms with Crippen molar-refractivity contribution in [1.29, 1.82) is 0 Å². The van der Waals surface area contributed by atoms with E-state index >= 15 is 0 Å². The minimum atomic E-state index is -0.404. The summed E-state index contributed by atoms with van der Waals surface area (Å²) >= 11 is 1.47. The van der Waals surface area contributed by atoms with Gasteiger partial charge in [-0.1, -0.05) is 23.5 Å². The number of rotatable bonds is 5. The van der Waals surface area contributed by atoms with E-state index in [1.165, 1.54) is 23.5 Å². The second-order valence-corrected chi connectivity index (χ2v) is 6.80. The van der Waals surface area contributed by atoms with Crippen molar-refractivity contribution in [2.24, 2.45) is 0 Å². The third-order valence-corrected chi connectivity index (χ3v) is 3.80. The van der Waals surface area contributed by atoms with Crippen LogP contribution in [0.15, 0.2) is 24.3 Å². The normalized spacial score (nSPS) is 11.6. The zero-order chi connectivity index (χ0) is 15.5. The Balaban J connectivity index is 2.06. The fraction of sp³-hybridized carbons (Fsp3) is 0.429. The van der Waals surface area contributed by atoms with Crippen molar-refractivity contribution in [3.63, 3.8) is 0 Å². The summed E-state index contributed by atoms with van der Waals surface area (Å²) in [5, 5.41) is 24.1. The molecule has 0 aliphatic rings. The molecule has 1 aromatic carbocycles. The molecule has 2 rings (SSSR count). The van der Waals surface area contributed by atoms with Crippen LogP contribution in [0.3, 0.4) is 0 Å². The van der Waals surface area contributed by atoms with Gasteiger partial charge in [-0.3, -0.25) is 10.1 Å². The van der Waals surface area contributed by atoms with Gasteiger partial charge >= 0.3 is 0 Å². The fourth-order valence-electron chi connectivity index (χ4n) is 1.77. The standard InChI is InChI=1S/C14H18N4O2S/c1-14(2,3)15-8-7-12-16-17-13(21-12)10-5-4-6-11(9-10)18(19)20/h4-6,9,15H,7-8H2,1-3H3. The molecule has 0 amide bonds. The number of hydrogen-bond donors (Lipinski definition) is 1. The Morgan fingerprint density at radius 1 is 1.33 bits per heavy atom. The number of nitro groups is 1. The molecule has 0 atom stereocenters. The molecule has 2 aromatic rings. The predicted molar refractivity (Wildman–Crippen MR) is 83.5 cm³/mol. The van der Waals surface area contributed by atoms with Gasteiger partial charge in [0.25, 0.3) is 5.69 Å². The Kier molecular flexibility index (Phi) is 4.64. The Morgan fingerprint density at radius 2 is 2.10 bits per heavy atom. The summed E-state index contributed by atoms with van der Waals surface area (Å²) in [5.41, 5.74) is 0.878. The largest absolute Gasteiger partial charge is 0.312 e. The first-order valence-electron chi connectivity index (χ1n) is 6.67. The van der Waals surface area contributed by atoms with Crippen molar-refractivity contribution < 1.29 is 4.92 Å². The second kappa shape index (κ2) is 6.28. The van der Waals surface area contributed by atoms with Crippen molar-refractivity contribution in [2.75, 3.05) is 6.54 Å². The molecule has 0 saturated heterocycles. The van der Waals surface area contributed by atoms with Crippen LogP contribution in [0, 0.1) is 10.1 Å². The lowest BCUT2D eigenvalue weighted by Crippen LogP contribution is -2.37. The average molecular weight is 306 g/mol. The van der Waals surface area contributed by atoms with E-state index in [1.54, 1.807) is 6.07 Å². The first-order chi connectivity index (χ1) is 9.85. The van der Waals surface area contributed by atoms with Gasteiger partial charge in [0.05, 0.1) is 4.92 Å². The summed E-state index contributed by atoms with van der Waals surface area (Å²) in [7, 11) is 0.